The highest BCUT2D eigenvalue weighted by molar-refractivity contribution is 7.89. The Morgan fingerprint density at radius 2 is 1.73 bits per heavy atom. The molecule has 3 heterocycles. The van der Waals surface area contributed by atoms with Gasteiger partial charge in [0.2, 0.25) is 0 Å². The molecular formula is C30H31F3N2O5S. The number of amides is 1. The fourth-order valence-electron chi connectivity index (χ4n) is 5.25. The van der Waals surface area contributed by atoms with Crippen molar-refractivity contribution in [2.75, 3.05) is 13.1 Å². The predicted octanol–water partition coefficient (Wildman–Crippen LogP) is 6.11. The maximum absolute atomic E-state index is 12.7. The second-order valence-electron chi connectivity index (χ2n) is 10.7. The average Bonchev–Trinajstić information content (AvgIpc) is 2.93. The molecule has 0 saturated carbocycles. The van der Waals surface area contributed by atoms with E-state index < -0.39 is 33.8 Å². The number of carbonyl (C=O) groups excluding carboxylic acids is 1. The van der Waals surface area contributed by atoms with Crippen LogP contribution in [0.25, 0.3) is 11.1 Å². The maximum atomic E-state index is 12.7. The summed E-state index contributed by atoms with van der Waals surface area (Å²) in [5, 5.41) is 0. The molecule has 218 valence electrons. The molecule has 41 heavy (non-hydrogen) atoms. The summed E-state index contributed by atoms with van der Waals surface area (Å²) in [6, 6.07) is 18.6. The zero-order valence-electron chi connectivity index (χ0n) is 22.6. The molecular weight excluding hydrogens is 557 g/mol. The van der Waals surface area contributed by atoms with Gasteiger partial charge >= 0.3 is 12.3 Å². The van der Waals surface area contributed by atoms with E-state index >= 15 is 0 Å². The molecule has 11 heteroatoms. The van der Waals surface area contributed by atoms with Gasteiger partial charge in [0.25, 0.3) is 0 Å². The summed E-state index contributed by atoms with van der Waals surface area (Å²) in [7, 11) is -3.36. The normalized spacial score (nSPS) is 17.4. The van der Waals surface area contributed by atoms with E-state index in [9.17, 15) is 26.4 Å². The first-order valence-corrected chi connectivity index (χ1v) is 15.3. The number of alkyl halides is 3. The number of halogens is 3. The van der Waals surface area contributed by atoms with Crippen LogP contribution >= 0.6 is 0 Å². The Balaban J connectivity index is 1.19. The first-order chi connectivity index (χ1) is 19.4. The molecule has 2 aliphatic heterocycles. The summed E-state index contributed by atoms with van der Waals surface area (Å²) in [5.74, 6) is 0.584. The van der Waals surface area contributed by atoms with Gasteiger partial charge in [0.1, 0.15) is 11.4 Å². The zero-order chi connectivity index (χ0) is 29.3. The lowest BCUT2D eigenvalue weighted by molar-refractivity contribution is -0.200. The van der Waals surface area contributed by atoms with Crippen molar-refractivity contribution in [1.82, 2.24) is 9.88 Å². The van der Waals surface area contributed by atoms with E-state index in [2.05, 4.69) is 15.8 Å². The molecule has 1 spiro atoms. The minimum atomic E-state index is -4.59. The monoisotopic (exact) mass is 588 g/mol. The van der Waals surface area contributed by atoms with Gasteiger partial charge in [-0.15, -0.1) is 0 Å². The maximum Gasteiger partial charge on any atom is 0.425 e. The summed E-state index contributed by atoms with van der Waals surface area (Å²) < 4.78 is 74.5. The van der Waals surface area contributed by atoms with Crippen LogP contribution in [0.4, 0.5) is 18.0 Å². The lowest BCUT2D eigenvalue weighted by Crippen LogP contribution is -2.52. The highest BCUT2D eigenvalue weighted by Crippen LogP contribution is 2.41. The molecule has 7 nitrogen and oxygen atoms in total. The van der Waals surface area contributed by atoms with Crippen molar-refractivity contribution in [3.05, 3.63) is 83.7 Å². The van der Waals surface area contributed by atoms with Crippen LogP contribution in [0.2, 0.25) is 0 Å². The van der Waals surface area contributed by atoms with E-state index in [4.69, 9.17) is 4.74 Å². The molecule has 2 aromatic carbocycles. The number of piperidine rings is 1. The average molecular weight is 589 g/mol. The molecule has 1 amide bonds. The van der Waals surface area contributed by atoms with E-state index in [-0.39, 0.29) is 24.6 Å². The lowest BCUT2D eigenvalue weighted by Gasteiger charge is -2.44. The number of nitrogens with zero attached hydrogens (tertiary/aromatic N) is 2. The van der Waals surface area contributed by atoms with Crippen LogP contribution in [0.1, 0.15) is 43.0 Å². The van der Waals surface area contributed by atoms with E-state index in [0.29, 0.717) is 24.1 Å². The molecule has 0 aliphatic carbocycles. The van der Waals surface area contributed by atoms with Gasteiger partial charge in [0, 0.05) is 32.1 Å². The molecule has 0 radical (unpaired) electrons. The number of aryl methyl sites for hydroxylation is 1. The largest absolute Gasteiger partial charge is 0.487 e. The molecule has 0 bridgehead atoms. The van der Waals surface area contributed by atoms with Crippen molar-refractivity contribution in [3.63, 3.8) is 0 Å². The Labute approximate surface area is 237 Å². The van der Waals surface area contributed by atoms with Crippen molar-refractivity contribution in [2.24, 2.45) is 0 Å². The number of rotatable bonds is 6. The van der Waals surface area contributed by atoms with Crippen LogP contribution in [0.3, 0.4) is 0 Å². The molecule has 2 aliphatic rings. The summed E-state index contributed by atoms with van der Waals surface area (Å²) in [6.45, 7) is 1.35. The second kappa shape index (κ2) is 11.3. The Bertz CT molecular complexity index is 1490. The van der Waals surface area contributed by atoms with E-state index in [1.54, 1.807) is 24.4 Å². The predicted molar refractivity (Wildman–Crippen MR) is 147 cm³/mol. The number of aromatic nitrogens is 1. The quantitative estimate of drug-likeness (QED) is 0.346. The number of benzene rings is 2. The van der Waals surface area contributed by atoms with Gasteiger partial charge in [-0.3, -0.25) is 4.98 Å². The smallest absolute Gasteiger partial charge is 0.425 e. The highest BCUT2D eigenvalue weighted by Gasteiger charge is 2.43. The van der Waals surface area contributed by atoms with Crippen molar-refractivity contribution < 1.29 is 35.9 Å². The van der Waals surface area contributed by atoms with Crippen molar-refractivity contribution in [1.29, 1.82) is 0 Å². The van der Waals surface area contributed by atoms with Crippen LogP contribution in [0.15, 0.2) is 66.9 Å². The van der Waals surface area contributed by atoms with Gasteiger partial charge in [-0.2, -0.15) is 13.2 Å². The van der Waals surface area contributed by atoms with E-state index in [1.165, 1.54) is 4.90 Å². The Morgan fingerprint density at radius 1 is 1.02 bits per heavy atom. The fourth-order valence-corrected chi connectivity index (χ4v) is 6.67. The third-order valence-corrected chi connectivity index (χ3v) is 9.18. The molecule has 3 aromatic rings. The van der Waals surface area contributed by atoms with Gasteiger partial charge in [-0.05, 0) is 66.3 Å². The second-order valence-corrected chi connectivity index (χ2v) is 12.8. The molecule has 1 saturated heterocycles. The van der Waals surface area contributed by atoms with Crippen LogP contribution < -0.4 is 4.74 Å². The molecule has 0 unspecified atom stereocenters. The number of ether oxygens (including phenoxy) is 2. The van der Waals surface area contributed by atoms with Gasteiger partial charge in [-0.25, -0.2) is 13.2 Å². The zero-order valence-corrected chi connectivity index (χ0v) is 23.4. The lowest BCUT2D eigenvalue weighted by atomic mass is 9.82. The summed E-state index contributed by atoms with van der Waals surface area (Å²) >= 11 is 0. The van der Waals surface area contributed by atoms with Crippen molar-refractivity contribution in [3.8, 4) is 16.9 Å². The van der Waals surface area contributed by atoms with Crippen molar-refractivity contribution in [2.45, 2.75) is 62.0 Å². The van der Waals surface area contributed by atoms with Gasteiger partial charge in [0.15, 0.2) is 15.9 Å². The first-order valence-electron chi connectivity index (χ1n) is 13.5. The molecule has 5 rings (SSSR count). The number of carbonyl (C=O) groups is 1. The van der Waals surface area contributed by atoms with Gasteiger partial charge in [-0.1, -0.05) is 36.4 Å². The molecule has 1 aromatic heterocycles. The summed E-state index contributed by atoms with van der Waals surface area (Å²) in [5.41, 5.74) is 3.75. The van der Waals surface area contributed by atoms with E-state index in [0.717, 1.165) is 42.2 Å². The number of likely N-dealkylation sites (tertiary alicyclic amines) is 1. The SMILES string of the molecule is C[C@H](OC(=O)N1CCC2(CCc3cc(-c4ccc(CS(=O)(=O)Cc5ccccn5)cc4)ccc3O2)CC1)C(F)(F)F. The highest BCUT2D eigenvalue weighted by atomic mass is 32.2. The van der Waals surface area contributed by atoms with Crippen LogP contribution in [0, 0.1) is 0 Å². The Morgan fingerprint density at radius 3 is 2.39 bits per heavy atom. The topological polar surface area (TPSA) is 85.8 Å². The minimum Gasteiger partial charge on any atom is -0.487 e. The van der Waals surface area contributed by atoms with Gasteiger partial charge < -0.3 is 14.4 Å². The molecule has 1 fully saturated rings. The number of sulfone groups is 1. The summed E-state index contributed by atoms with van der Waals surface area (Å²) in [6.07, 6.45) is -3.60. The number of fused-ring (bicyclic) bond motifs is 1. The summed E-state index contributed by atoms with van der Waals surface area (Å²) in [4.78, 5) is 17.6. The van der Waals surface area contributed by atoms with E-state index in [1.807, 2.05) is 36.4 Å². The first kappa shape index (κ1) is 28.9. The molecule has 0 N–H and O–H groups in total. The number of hydrogen-bond acceptors (Lipinski definition) is 6. The van der Waals surface area contributed by atoms with Crippen LogP contribution in [-0.4, -0.2) is 55.4 Å². The third kappa shape index (κ3) is 7.01. The van der Waals surface area contributed by atoms with Crippen LogP contribution in [-0.2, 0) is 32.5 Å². The number of pyridine rings is 1. The van der Waals surface area contributed by atoms with Crippen molar-refractivity contribution >= 4 is 15.9 Å². The Kier molecular flexibility index (Phi) is 8.00. The molecule has 1 atom stereocenters. The fraction of sp³-hybridized carbons (Fsp3) is 0.400. The van der Waals surface area contributed by atoms with Gasteiger partial charge in [0.05, 0.1) is 17.2 Å². The third-order valence-electron chi connectivity index (χ3n) is 7.68. The minimum absolute atomic E-state index is 0.0690. The standard InChI is InChI=1S/C30H31F3N2O5S/c1-21(30(31,32)33)39-28(36)35-16-13-29(14-17-35)12-11-25-18-24(9-10-27(25)40-29)23-7-5-22(6-8-23)19-41(37,38)20-26-4-2-3-15-34-26/h2-10,15,18,21H,11-14,16-17,19-20H2,1H3/t21-/m0/s1. The number of hydrogen-bond donors (Lipinski definition) is 0. The van der Waals surface area contributed by atoms with Crippen LogP contribution in [0.5, 0.6) is 5.75 Å². The Hall–Kier alpha value is -3.60.